The second-order valence-electron chi connectivity index (χ2n) is 5.18. The molecule has 1 aliphatic rings. The van der Waals surface area contributed by atoms with Gasteiger partial charge in [-0.2, -0.15) is 0 Å². The molecular weight excluding hydrogens is 367 g/mol. The summed E-state index contributed by atoms with van der Waals surface area (Å²) in [6.07, 6.45) is 5.24. The fourth-order valence-electron chi connectivity index (χ4n) is 2.27. The summed E-state index contributed by atoms with van der Waals surface area (Å²) in [5.74, 6) is 0.967. The highest BCUT2D eigenvalue weighted by Gasteiger charge is 2.15. The van der Waals surface area contributed by atoms with Crippen LogP contribution in [0.4, 0.5) is 0 Å². The average Bonchev–Trinajstić information content (AvgIpc) is 2.89. The van der Waals surface area contributed by atoms with E-state index in [-0.39, 0.29) is 24.0 Å². The minimum absolute atomic E-state index is 0. The summed E-state index contributed by atoms with van der Waals surface area (Å²) < 4.78 is 5.06. The fraction of sp³-hybridized carbons (Fsp3) is 0.929. The van der Waals surface area contributed by atoms with Crippen LogP contribution in [-0.2, 0) is 4.74 Å². The molecule has 0 heterocycles. The highest BCUT2D eigenvalue weighted by atomic mass is 127. The SMILES string of the molecule is CCNC(=NCCN(C)CCOC)NC1CCCC1.I. The van der Waals surface area contributed by atoms with E-state index in [0.717, 1.165) is 38.7 Å². The molecule has 0 unspecified atom stereocenters. The predicted molar refractivity (Wildman–Crippen MR) is 96.2 cm³/mol. The Bertz CT molecular complexity index is 258. The standard InChI is InChI=1S/C14H30N4O.HI/c1-4-15-14(17-13-7-5-6-8-13)16-9-10-18(2)11-12-19-3;/h13H,4-12H2,1-3H3,(H2,15,16,17);1H. The van der Waals surface area contributed by atoms with Crippen LogP contribution in [0.3, 0.4) is 0 Å². The van der Waals surface area contributed by atoms with Gasteiger partial charge in [0.25, 0.3) is 0 Å². The van der Waals surface area contributed by atoms with E-state index in [4.69, 9.17) is 4.74 Å². The lowest BCUT2D eigenvalue weighted by Gasteiger charge is -2.18. The van der Waals surface area contributed by atoms with E-state index in [9.17, 15) is 0 Å². The van der Waals surface area contributed by atoms with E-state index in [1.54, 1.807) is 7.11 Å². The van der Waals surface area contributed by atoms with E-state index < -0.39 is 0 Å². The predicted octanol–water partition coefficient (Wildman–Crippen LogP) is 1.68. The van der Waals surface area contributed by atoms with Crippen molar-refractivity contribution in [1.82, 2.24) is 15.5 Å². The molecule has 0 atom stereocenters. The van der Waals surface area contributed by atoms with Crippen molar-refractivity contribution in [3.63, 3.8) is 0 Å². The molecule has 0 aromatic rings. The molecule has 0 aromatic heterocycles. The third-order valence-electron chi connectivity index (χ3n) is 3.47. The summed E-state index contributed by atoms with van der Waals surface area (Å²) >= 11 is 0. The summed E-state index contributed by atoms with van der Waals surface area (Å²) in [6, 6.07) is 0.615. The minimum atomic E-state index is 0. The smallest absolute Gasteiger partial charge is 0.191 e. The first kappa shape index (κ1) is 19.9. The monoisotopic (exact) mass is 398 g/mol. The number of nitrogens with one attached hydrogen (secondary N) is 2. The Labute approximate surface area is 140 Å². The van der Waals surface area contributed by atoms with Gasteiger partial charge in [-0.15, -0.1) is 24.0 Å². The Kier molecular flexibility index (Phi) is 12.6. The highest BCUT2D eigenvalue weighted by Crippen LogP contribution is 2.17. The van der Waals surface area contributed by atoms with Crippen molar-refractivity contribution < 1.29 is 4.74 Å². The molecule has 20 heavy (non-hydrogen) atoms. The van der Waals surface area contributed by atoms with Crippen molar-refractivity contribution in [3.05, 3.63) is 0 Å². The van der Waals surface area contributed by atoms with Gasteiger partial charge in [-0.05, 0) is 26.8 Å². The van der Waals surface area contributed by atoms with Gasteiger partial charge in [0.2, 0.25) is 0 Å². The summed E-state index contributed by atoms with van der Waals surface area (Å²) in [5, 5.41) is 6.85. The van der Waals surface area contributed by atoms with Gasteiger partial charge in [0.05, 0.1) is 13.2 Å². The van der Waals surface area contributed by atoms with Crippen LogP contribution >= 0.6 is 24.0 Å². The third-order valence-corrected chi connectivity index (χ3v) is 3.47. The van der Waals surface area contributed by atoms with Crippen LogP contribution < -0.4 is 10.6 Å². The maximum absolute atomic E-state index is 5.06. The van der Waals surface area contributed by atoms with E-state index >= 15 is 0 Å². The van der Waals surface area contributed by atoms with E-state index in [2.05, 4.69) is 34.5 Å². The molecule has 0 bridgehead atoms. The topological polar surface area (TPSA) is 48.9 Å². The second kappa shape index (κ2) is 12.6. The number of hydrogen-bond donors (Lipinski definition) is 2. The number of aliphatic imine (C=N–C) groups is 1. The van der Waals surface area contributed by atoms with Crippen molar-refractivity contribution >= 4 is 29.9 Å². The zero-order valence-corrected chi connectivity index (χ0v) is 15.5. The first-order chi connectivity index (χ1) is 9.26. The van der Waals surface area contributed by atoms with Gasteiger partial charge in [0.1, 0.15) is 0 Å². The number of methoxy groups -OCH3 is 1. The minimum Gasteiger partial charge on any atom is -0.383 e. The maximum Gasteiger partial charge on any atom is 0.191 e. The Morgan fingerprint density at radius 2 is 2.00 bits per heavy atom. The van der Waals surface area contributed by atoms with Crippen molar-refractivity contribution in [2.45, 2.75) is 38.6 Å². The van der Waals surface area contributed by atoms with E-state index in [1.807, 2.05) is 0 Å². The maximum atomic E-state index is 5.06. The van der Waals surface area contributed by atoms with Crippen molar-refractivity contribution in [1.29, 1.82) is 0 Å². The van der Waals surface area contributed by atoms with Gasteiger partial charge in [0, 0.05) is 32.8 Å². The average molecular weight is 398 g/mol. The van der Waals surface area contributed by atoms with Gasteiger partial charge in [-0.1, -0.05) is 12.8 Å². The first-order valence-electron chi connectivity index (χ1n) is 7.48. The van der Waals surface area contributed by atoms with Gasteiger partial charge in [-0.3, -0.25) is 4.99 Å². The van der Waals surface area contributed by atoms with Crippen LogP contribution in [0, 0.1) is 0 Å². The van der Waals surface area contributed by atoms with Gasteiger partial charge in [0.15, 0.2) is 5.96 Å². The van der Waals surface area contributed by atoms with Crippen molar-refractivity contribution in [2.75, 3.05) is 46.9 Å². The molecule has 120 valence electrons. The summed E-state index contributed by atoms with van der Waals surface area (Å²) in [6.45, 7) is 6.54. The van der Waals surface area contributed by atoms with Crippen molar-refractivity contribution in [2.24, 2.45) is 4.99 Å². The first-order valence-corrected chi connectivity index (χ1v) is 7.48. The number of likely N-dealkylation sites (N-methyl/N-ethyl adjacent to an activating group) is 1. The number of ether oxygens (including phenoxy) is 1. The lowest BCUT2D eigenvalue weighted by atomic mass is 10.2. The number of hydrogen-bond acceptors (Lipinski definition) is 3. The summed E-state index contributed by atoms with van der Waals surface area (Å²) in [4.78, 5) is 6.88. The molecule has 5 nitrogen and oxygen atoms in total. The molecule has 2 N–H and O–H groups in total. The van der Waals surface area contributed by atoms with E-state index in [1.165, 1.54) is 25.7 Å². The molecule has 0 aliphatic heterocycles. The largest absolute Gasteiger partial charge is 0.383 e. The normalized spacial score (nSPS) is 16.3. The van der Waals surface area contributed by atoms with E-state index in [0.29, 0.717) is 6.04 Å². The highest BCUT2D eigenvalue weighted by molar-refractivity contribution is 14.0. The van der Waals surface area contributed by atoms with Gasteiger partial charge in [-0.25, -0.2) is 0 Å². The number of guanidine groups is 1. The molecule has 0 saturated heterocycles. The Morgan fingerprint density at radius 3 is 2.60 bits per heavy atom. The van der Waals surface area contributed by atoms with Gasteiger partial charge >= 0.3 is 0 Å². The molecule has 0 aromatic carbocycles. The van der Waals surface area contributed by atoms with Crippen LogP contribution in [0.25, 0.3) is 0 Å². The Balaban J connectivity index is 0.00000361. The molecule has 0 radical (unpaired) electrons. The number of nitrogens with zero attached hydrogens (tertiary/aromatic N) is 2. The molecule has 1 rings (SSSR count). The molecule has 1 fully saturated rings. The third kappa shape index (κ3) is 8.97. The van der Waals surface area contributed by atoms with Crippen LogP contribution in [0.2, 0.25) is 0 Å². The summed E-state index contributed by atoms with van der Waals surface area (Å²) in [5.41, 5.74) is 0. The molecular formula is C14H31IN4O. The van der Waals surface area contributed by atoms with Crippen LogP contribution in [-0.4, -0.2) is 63.8 Å². The number of rotatable bonds is 8. The molecule has 6 heteroatoms. The van der Waals surface area contributed by atoms with Crippen LogP contribution in [0.5, 0.6) is 0 Å². The molecule has 0 amide bonds. The molecule has 1 aliphatic carbocycles. The van der Waals surface area contributed by atoms with Crippen LogP contribution in [0.1, 0.15) is 32.6 Å². The zero-order valence-electron chi connectivity index (χ0n) is 13.2. The Morgan fingerprint density at radius 1 is 1.30 bits per heavy atom. The lowest BCUT2D eigenvalue weighted by Crippen LogP contribution is -2.42. The van der Waals surface area contributed by atoms with Crippen LogP contribution in [0.15, 0.2) is 4.99 Å². The number of halogens is 1. The molecule has 0 spiro atoms. The zero-order chi connectivity index (χ0) is 13.9. The second-order valence-corrected chi connectivity index (χ2v) is 5.18. The Hall–Kier alpha value is -0.0800. The quantitative estimate of drug-likeness (QED) is 0.371. The van der Waals surface area contributed by atoms with Crippen molar-refractivity contribution in [3.8, 4) is 0 Å². The van der Waals surface area contributed by atoms with Gasteiger partial charge < -0.3 is 20.3 Å². The fourth-order valence-corrected chi connectivity index (χ4v) is 2.27. The lowest BCUT2D eigenvalue weighted by molar-refractivity contribution is 0.163. The molecule has 1 saturated carbocycles. The summed E-state index contributed by atoms with van der Waals surface area (Å²) in [7, 11) is 3.84.